The number of ether oxygens (including phenoxy) is 7. The van der Waals surface area contributed by atoms with Crippen molar-refractivity contribution < 1.29 is 79.5 Å². The van der Waals surface area contributed by atoms with Crippen LogP contribution in [0.15, 0.2) is 156 Å². The Hall–Kier alpha value is -13.5. The topological polar surface area (TPSA) is 374 Å². The third-order valence-corrected chi connectivity index (χ3v) is 27.3. The number of halogens is 1. The van der Waals surface area contributed by atoms with E-state index in [9.17, 15) is 46.4 Å². The van der Waals surface area contributed by atoms with Gasteiger partial charge in [0.25, 0.3) is 29.5 Å². The van der Waals surface area contributed by atoms with Crippen molar-refractivity contribution in [1.82, 2.24) is 84.3 Å². The first kappa shape index (κ1) is 117. The molecule has 9 heterocycles. The van der Waals surface area contributed by atoms with Crippen molar-refractivity contribution in [1.29, 1.82) is 0 Å². The second kappa shape index (κ2) is 49.5. The lowest BCUT2D eigenvalue weighted by atomic mass is 9.86. The summed E-state index contributed by atoms with van der Waals surface area (Å²) in [6.45, 7) is 51.9. The van der Waals surface area contributed by atoms with Crippen LogP contribution in [0.3, 0.4) is 0 Å². The van der Waals surface area contributed by atoms with Crippen molar-refractivity contribution in [3.8, 4) is 28.7 Å². The summed E-state index contributed by atoms with van der Waals surface area (Å²) in [5.41, 5.74) is 14.3. The Kier molecular flexibility index (Phi) is 38.6. The molecule has 36 heteroatoms. The van der Waals surface area contributed by atoms with Gasteiger partial charge in [-0.3, -0.25) is 49.4 Å². The van der Waals surface area contributed by atoms with Gasteiger partial charge in [-0.1, -0.05) is 195 Å². The largest absolute Gasteiger partial charge is 0.491 e. The number of rotatable bonds is 26. The molecule has 150 heavy (non-hydrogen) atoms. The zero-order valence-electron chi connectivity index (χ0n) is 93.1. The first-order chi connectivity index (χ1) is 70.3. The molecular formula is C114H157FN18O16S. The smallest absolute Gasteiger partial charge is 0.410 e. The molecule has 0 aliphatic carbocycles. The lowest BCUT2D eigenvalue weighted by Crippen LogP contribution is -2.40. The zero-order chi connectivity index (χ0) is 110. The van der Waals surface area contributed by atoms with Crippen LogP contribution < -0.4 is 23.7 Å². The van der Waals surface area contributed by atoms with Crippen LogP contribution in [0.2, 0.25) is 0 Å². The summed E-state index contributed by atoms with van der Waals surface area (Å²) in [4.78, 5) is 107. The van der Waals surface area contributed by atoms with E-state index in [1.807, 2.05) is 133 Å². The van der Waals surface area contributed by atoms with Crippen LogP contribution in [0.1, 0.15) is 255 Å². The summed E-state index contributed by atoms with van der Waals surface area (Å²) in [5.74, 6) is 2.97. The summed E-state index contributed by atoms with van der Waals surface area (Å²) < 4.78 is 79.4. The molecule has 4 aromatic heterocycles. The Labute approximate surface area is 884 Å². The Balaban J connectivity index is 0.000000178. The lowest BCUT2D eigenvalue weighted by Gasteiger charge is -2.30. The first-order valence-corrected chi connectivity index (χ1v) is 53.2. The van der Waals surface area contributed by atoms with Crippen molar-refractivity contribution in [3.05, 3.63) is 241 Å². The predicted octanol–water partition coefficient (Wildman–Crippen LogP) is 17.5. The first-order valence-electron chi connectivity index (χ1n) is 51.3. The number of nitrogens with one attached hydrogen (secondary N) is 4. The van der Waals surface area contributed by atoms with E-state index in [4.69, 9.17) is 33.2 Å². The van der Waals surface area contributed by atoms with E-state index < -0.39 is 27.0 Å². The maximum absolute atomic E-state index is 13.5. The van der Waals surface area contributed by atoms with Gasteiger partial charge in [-0.25, -0.2) is 22.4 Å². The van der Waals surface area contributed by atoms with Crippen molar-refractivity contribution >= 4 is 68.4 Å². The molecule has 10 aromatic rings. The van der Waals surface area contributed by atoms with E-state index in [1.54, 1.807) is 70.7 Å². The van der Waals surface area contributed by atoms with Gasteiger partial charge in [0.15, 0.2) is 22.8 Å². The molecule has 5 aliphatic rings. The van der Waals surface area contributed by atoms with Crippen LogP contribution in [0.25, 0.3) is 10.9 Å². The van der Waals surface area contributed by atoms with Gasteiger partial charge >= 0.3 is 12.2 Å². The average molecular weight is 2090 g/mol. The number of carbonyl (C=O) groups excluding carboxylic acids is 7. The molecule has 0 fully saturated rings. The monoisotopic (exact) mass is 2090 g/mol. The number of likely N-dealkylation sites (N-methyl/N-ethyl adjacent to an activating group) is 6. The molecule has 0 bridgehead atoms. The minimum Gasteiger partial charge on any atom is -0.491 e. The third kappa shape index (κ3) is 31.6. The number of hydrogen-bond donors (Lipinski definition) is 4. The minimum atomic E-state index is -3.23. The van der Waals surface area contributed by atoms with Crippen LogP contribution in [0.4, 0.5) is 14.0 Å². The fourth-order valence-electron chi connectivity index (χ4n) is 17.6. The summed E-state index contributed by atoms with van der Waals surface area (Å²) >= 11 is 0. The number of aromatic nitrogens is 8. The average Bonchev–Trinajstić information content (AvgIpc) is 1.63. The highest BCUT2D eigenvalue weighted by molar-refractivity contribution is 7.88. The van der Waals surface area contributed by atoms with E-state index in [-0.39, 0.29) is 74.5 Å². The van der Waals surface area contributed by atoms with Gasteiger partial charge in [-0.05, 0) is 182 Å². The molecule has 0 unspecified atom stereocenters. The summed E-state index contributed by atoms with van der Waals surface area (Å²) in [6, 6.07) is 44.2. The predicted molar refractivity (Wildman–Crippen MR) is 582 cm³/mol. The highest BCUT2D eigenvalue weighted by Gasteiger charge is 2.38. The molecule has 0 saturated heterocycles. The van der Waals surface area contributed by atoms with Crippen LogP contribution >= 0.6 is 0 Å². The quantitative estimate of drug-likeness (QED) is 0.0391. The van der Waals surface area contributed by atoms with Gasteiger partial charge < -0.3 is 72.4 Å². The maximum atomic E-state index is 13.5. The van der Waals surface area contributed by atoms with Crippen LogP contribution in [-0.2, 0) is 90.3 Å². The standard InChI is InChI=1S/2C25H36N4O4.C22H31N3O4S.C21H24FN3O2.C21H30N4O2/c1-24(2,3)18-10-8-9-11-20(18)32-15-14-28(7)22(30)21-17-16-29(13-12-19(17)26-27-21)23(31)33-25(4,5)6;1-24(2,3)18-10-8-9-11-20(18)32-15-14-28(7)22(30)21-17-12-13-29(16-19(17)26-27-21)23(31)33-25(4,5)6;1-22(2,3)18-8-6-7-9-19(18)29-13-12-24(4)21(26)20-17-10-11-25(30(5,27)28)15-16(17)14-23-20;1-21(2,3)16-7-5-6-8-18(16)27-12-11-25(4)20(26)19-15-13-14(22)9-10-17(15)23-24-19;1-21(2,3)16-8-6-7-9-18(16)27-13-12-25(5)20(26)19-15-10-11-24(4)14-17(15)22-23-19/h2*8-11H,12-16H2,1-7H3,(H,26,27);6-9H,10-15H2,1-5H3;5-10,13H,11-12H2,1-4H3,(H,23,24);6-9H,10-14H2,1-5H3,(H,22,23). The van der Waals surface area contributed by atoms with Crippen molar-refractivity contribution in [2.75, 3.05) is 154 Å². The number of amides is 7. The second-order valence-electron chi connectivity index (χ2n) is 45.8. The second-order valence-corrected chi connectivity index (χ2v) is 47.8. The number of nitrogens with zero attached hydrogens (tertiary/aromatic N) is 14. The molecule has 5 aliphatic heterocycles. The summed E-state index contributed by atoms with van der Waals surface area (Å²) in [5, 5.41) is 29.0. The third-order valence-electron chi connectivity index (χ3n) is 26.1. The number of sulfonamides is 1. The molecule has 15 rings (SSSR count). The van der Waals surface area contributed by atoms with Crippen LogP contribution in [0, 0.1) is 5.82 Å². The van der Waals surface area contributed by atoms with E-state index >= 15 is 0 Å². The van der Waals surface area contributed by atoms with E-state index in [2.05, 4.69) is 192 Å². The molecule has 0 saturated carbocycles. The fourth-order valence-corrected chi connectivity index (χ4v) is 18.4. The number of carbonyl (C=O) groups is 7. The Morgan fingerprint density at radius 2 is 0.700 bits per heavy atom. The zero-order valence-corrected chi connectivity index (χ0v) is 93.9. The van der Waals surface area contributed by atoms with E-state index in [0.29, 0.717) is 165 Å². The van der Waals surface area contributed by atoms with Crippen molar-refractivity contribution in [2.24, 2.45) is 4.99 Å². The van der Waals surface area contributed by atoms with Gasteiger partial charge in [0.05, 0.1) is 75.5 Å². The van der Waals surface area contributed by atoms with Gasteiger partial charge in [-0.15, -0.1) is 0 Å². The Bertz CT molecular complexity index is 6570. The van der Waals surface area contributed by atoms with Crippen molar-refractivity contribution in [2.45, 2.75) is 229 Å². The number of para-hydroxylation sites is 5. The number of aliphatic imine (C=N–C) groups is 1. The van der Waals surface area contributed by atoms with E-state index in [1.165, 1.54) is 33.2 Å². The molecule has 0 spiro atoms. The van der Waals surface area contributed by atoms with Gasteiger partial charge in [-0.2, -0.15) is 24.7 Å². The SMILES string of the molecule is CN(CCOc1ccccc1C(C)(C)C)C(=O)C1=NCC2=C1CCN(S(C)(=O)=O)C2.CN(CCOc1ccccc1C(C)(C)C)C(=O)c1n[nH]c2c1CCN(C(=O)OC(C)(C)C)C2.CN(CCOc1ccccc1C(C)(C)C)C(=O)c1n[nH]c2c1CN(C(=O)OC(C)(C)C)CC2.CN(CCOc1ccccc1C(C)(C)C)C(=O)c1n[nH]c2ccc(F)cc12.CN1CCc2c(C(=O)N(C)CCOc3ccccc3C(C)(C)C)n[nH]c2C1. The van der Waals surface area contributed by atoms with Crippen molar-refractivity contribution in [3.63, 3.8) is 0 Å². The normalized spacial score (nSPS) is 14.4. The van der Waals surface area contributed by atoms with Gasteiger partial charge in [0.2, 0.25) is 10.0 Å². The molecule has 0 radical (unpaired) electrons. The molecule has 6 aromatic carbocycles. The minimum absolute atomic E-state index is 0.0135. The molecule has 812 valence electrons. The summed E-state index contributed by atoms with van der Waals surface area (Å²) in [7, 11) is 7.55. The molecule has 7 amide bonds. The lowest BCUT2D eigenvalue weighted by molar-refractivity contribution is -0.123. The molecule has 4 N–H and O–H groups in total. The fraction of sp³-hybridized carbons (Fsp3) is 0.509. The number of benzene rings is 6. The Morgan fingerprint density at radius 1 is 0.373 bits per heavy atom. The molecule has 0 atom stereocenters. The maximum Gasteiger partial charge on any atom is 0.410 e. The summed E-state index contributed by atoms with van der Waals surface area (Å²) in [6.07, 6.45) is 3.00. The highest BCUT2D eigenvalue weighted by atomic mass is 32.2. The number of aromatic amines is 4. The number of fused-ring (bicyclic) bond motifs is 4. The van der Waals surface area contributed by atoms with Gasteiger partial charge in [0, 0.05) is 109 Å². The molecule has 34 nitrogen and oxygen atoms in total. The number of H-pyrrole nitrogens is 4. The van der Waals surface area contributed by atoms with Crippen LogP contribution in [0.5, 0.6) is 28.7 Å². The number of hydrogen-bond acceptors (Lipinski definition) is 22. The highest BCUT2D eigenvalue weighted by Crippen LogP contribution is 2.39. The Morgan fingerprint density at radius 3 is 1.07 bits per heavy atom. The van der Waals surface area contributed by atoms with Gasteiger partial charge in [0.1, 0.15) is 84.5 Å². The van der Waals surface area contributed by atoms with Crippen LogP contribution in [-0.4, -0.2) is 305 Å². The molecular weight excluding hydrogens is 1930 g/mol. The van der Waals surface area contributed by atoms with E-state index in [0.717, 1.165) is 115 Å².